The summed E-state index contributed by atoms with van der Waals surface area (Å²) in [7, 11) is 0. The molecule has 0 unspecified atom stereocenters. The molecule has 0 radical (unpaired) electrons. The summed E-state index contributed by atoms with van der Waals surface area (Å²) in [5.74, 6) is -2.21. The number of pyridine rings is 1. The number of fused-ring (bicyclic) bond motifs is 1. The molecule has 10 heteroatoms. The lowest BCUT2D eigenvalue weighted by Crippen LogP contribution is -2.61. The van der Waals surface area contributed by atoms with Crippen LogP contribution in [0.4, 0.5) is 14.6 Å². The van der Waals surface area contributed by atoms with E-state index in [1.54, 1.807) is 4.90 Å². The molecule has 2 aromatic carbocycles. The number of aromatic hydroxyl groups is 1. The van der Waals surface area contributed by atoms with Gasteiger partial charge < -0.3 is 14.9 Å². The molecule has 1 fully saturated rings. The molecular formula is C32H33F2N5O3. The number of aryl methyl sites for hydroxylation is 2. The van der Waals surface area contributed by atoms with Crippen LogP contribution in [0.15, 0.2) is 59.9 Å². The Balaban J connectivity index is 1.84. The minimum absolute atomic E-state index is 0.0797. The van der Waals surface area contributed by atoms with Gasteiger partial charge in [-0.3, -0.25) is 4.79 Å². The van der Waals surface area contributed by atoms with Crippen LogP contribution in [-0.2, 0) is 11.2 Å². The maximum absolute atomic E-state index is 15.9. The van der Waals surface area contributed by atoms with E-state index in [1.807, 2.05) is 50.8 Å². The molecule has 0 bridgehead atoms. The molecule has 1 aliphatic rings. The highest BCUT2D eigenvalue weighted by Gasteiger charge is 2.37. The fourth-order valence-corrected chi connectivity index (χ4v) is 5.81. The minimum Gasteiger partial charge on any atom is -0.507 e. The molecule has 42 heavy (non-hydrogen) atoms. The number of amides is 1. The first-order chi connectivity index (χ1) is 20.0. The summed E-state index contributed by atoms with van der Waals surface area (Å²) >= 11 is 0. The standard InChI is InChI=1S/C32H33F2N5O3/c1-6-10-20-12-8-11-19(3)28(20)39-30-21(17-23(34)27(35-30)26-22(33)13-9-14-24(26)40)29(36-31(39)42)38-16-15-37(25(41)7-2)18-32(38,4)5/h7-9,11-14,17,40H,2,6,10,15-16,18H2,1,3-5H3. The normalized spacial score (nSPS) is 14.8. The summed E-state index contributed by atoms with van der Waals surface area (Å²) < 4.78 is 32.2. The van der Waals surface area contributed by atoms with Gasteiger partial charge in [0.2, 0.25) is 5.91 Å². The van der Waals surface area contributed by atoms with E-state index in [2.05, 4.69) is 16.5 Å². The Morgan fingerprint density at radius 2 is 1.86 bits per heavy atom. The second-order valence-electron chi connectivity index (χ2n) is 11.1. The fraction of sp³-hybridized carbons (Fsp3) is 0.312. The van der Waals surface area contributed by atoms with Gasteiger partial charge in [0.25, 0.3) is 0 Å². The third-order valence-corrected chi connectivity index (χ3v) is 7.74. The molecule has 4 aromatic rings. The van der Waals surface area contributed by atoms with E-state index in [-0.39, 0.29) is 22.8 Å². The van der Waals surface area contributed by atoms with Crippen LogP contribution in [0.3, 0.4) is 0 Å². The molecule has 0 spiro atoms. The first-order valence-corrected chi connectivity index (χ1v) is 13.9. The number of nitrogens with zero attached hydrogens (tertiary/aromatic N) is 5. The number of para-hydroxylation sites is 1. The highest BCUT2D eigenvalue weighted by atomic mass is 19.1. The smallest absolute Gasteiger partial charge is 0.355 e. The van der Waals surface area contributed by atoms with Gasteiger partial charge in [0.1, 0.15) is 23.1 Å². The van der Waals surface area contributed by atoms with Crippen LogP contribution in [0, 0.1) is 18.6 Å². The van der Waals surface area contributed by atoms with Crippen LogP contribution < -0.4 is 10.6 Å². The van der Waals surface area contributed by atoms with Crippen molar-refractivity contribution in [1.29, 1.82) is 0 Å². The molecule has 0 aliphatic carbocycles. The number of hydrogen-bond donors (Lipinski definition) is 1. The molecule has 1 amide bonds. The highest BCUT2D eigenvalue weighted by Crippen LogP contribution is 2.37. The zero-order valence-corrected chi connectivity index (χ0v) is 24.1. The topological polar surface area (TPSA) is 91.6 Å². The van der Waals surface area contributed by atoms with Crippen LogP contribution in [0.25, 0.3) is 28.0 Å². The number of aromatic nitrogens is 3. The number of phenols is 1. The predicted octanol–water partition coefficient (Wildman–Crippen LogP) is 5.31. The fourth-order valence-electron chi connectivity index (χ4n) is 5.81. The first kappa shape index (κ1) is 28.9. The van der Waals surface area contributed by atoms with Crippen LogP contribution in [0.5, 0.6) is 5.75 Å². The first-order valence-electron chi connectivity index (χ1n) is 13.9. The average Bonchev–Trinajstić information content (AvgIpc) is 2.93. The Morgan fingerprint density at radius 3 is 2.52 bits per heavy atom. The molecule has 3 heterocycles. The number of carbonyl (C=O) groups is 1. The van der Waals surface area contributed by atoms with E-state index in [9.17, 15) is 19.1 Å². The van der Waals surface area contributed by atoms with Crippen molar-refractivity contribution in [3.63, 3.8) is 0 Å². The van der Waals surface area contributed by atoms with Crippen molar-refractivity contribution in [3.8, 4) is 22.7 Å². The van der Waals surface area contributed by atoms with E-state index < -0.39 is 39.9 Å². The van der Waals surface area contributed by atoms with Crippen molar-refractivity contribution >= 4 is 22.8 Å². The molecule has 2 aromatic heterocycles. The Hall–Kier alpha value is -4.60. The molecule has 5 rings (SSSR count). The van der Waals surface area contributed by atoms with Gasteiger partial charge in [0, 0.05) is 19.6 Å². The van der Waals surface area contributed by atoms with Crippen LogP contribution in [0.1, 0.15) is 38.3 Å². The summed E-state index contributed by atoms with van der Waals surface area (Å²) in [4.78, 5) is 38.9. The lowest BCUT2D eigenvalue weighted by atomic mass is 9.97. The van der Waals surface area contributed by atoms with E-state index in [1.165, 1.54) is 28.8 Å². The van der Waals surface area contributed by atoms with Crippen LogP contribution >= 0.6 is 0 Å². The van der Waals surface area contributed by atoms with Crippen molar-refractivity contribution in [1.82, 2.24) is 19.4 Å². The number of halogens is 2. The molecule has 8 nitrogen and oxygen atoms in total. The zero-order valence-electron chi connectivity index (χ0n) is 24.1. The Kier molecular flexibility index (Phi) is 7.57. The van der Waals surface area contributed by atoms with Gasteiger partial charge in [0.15, 0.2) is 11.5 Å². The van der Waals surface area contributed by atoms with Crippen molar-refractivity contribution in [2.75, 3.05) is 24.5 Å². The van der Waals surface area contributed by atoms with E-state index >= 15 is 4.39 Å². The maximum Gasteiger partial charge on any atom is 0.355 e. The third-order valence-electron chi connectivity index (χ3n) is 7.74. The second kappa shape index (κ2) is 11.0. The van der Waals surface area contributed by atoms with E-state index in [0.29, 0.717) is 31.7 Å². The van der Waals surface area contributed by atoms with Crippen molar-refractivity contribution in [3.05, 3.63) is 88.4 Å². The van der Waals surface area contributed by atoms with Gasteiger partial charge in [-0.05, 0) is 62.6 Å². The largest absolute Gasteiger partial charge is 0.507 e. The average molecular weight is 574 g/mol. The molecule has 218 valence electrons. The van der Waals surface area contributed by atoms with Crippen molar-refractivity contribution in [2.45, 2.75) is 46.1 Å². The summed E-state index contributed by atoms with van der Waals surface area (Å²) in [5.41, 5.74) is 0.190. The molecule has 1 N–H and O–H groups in total. The summed E-state index contributed by atoms with van der Waals surface area (Å²) in [6, 6.07) is 10.6. The lowest BCUT2D eigenvalue weighted by molar-refractivity contribution is -0.127. The van der Waals surface area contributed by atoms with Gasteiger partial charge in [-0.25, -0.2) is 23.1 Å². The number of carbonyl (C=O) groups excluding carboxylic acids is 1. The van der Waals surface area contributed by atoms with Crippen LogP contribution in [0.2, 0.25) is 0 Å². The summed E-state index contributed by atoms with van der Waals surface area (Å²) in [6.45, 7) is 12.3. The van der Waals surface area contributed by atoms with Gasteiger partial charge in [0.05, 0.1) is 22.2 Å². The number of rotatable bonds is 6. The van der Waals surface area contributed by atoms with Crippen molar-refractivity contribution < 1.29 is 18.7 Å². The van der Waals surface area contributed by atoms with Gasteiger partial charge in [-0.2, -0.15) is 4.98 Å². The molecule has 0 atom stereocenters. The van der Waals surface area contributed by atoms with E-state index in [4.69, 9.17) is 0 Å². The van der Waals surface area contributed by atoms with Crippen molar-refractivity contribution in [2.24, 2.45) is 0 Å². The second-order valence-corrected chi connectivity index (χ2v) is 11.1. The Bertz CT molecular complexity index is 1760. The Labute approximate surface area is 242 Å². The number of hydrogen-bond acceptors (Lipinski definition) is 6. The van der Waals surface area contributed by atoms with Gasteiger partial charge in [-0.15, -0.1) is 0 Å². The zero-order chi connectivity index (χ0) is 30.3. The number of anilines is 1. The molecule has 0 saturated carbocycles. The summed E-state index contributed by atoms with van der Waals surface area (Å²) in [5, 5.41) is 10.7. The molecule has 1 aliphatic heterocycles. The van der Waals surface area contributed by atoms with Gasteiger partial charge in [-0.1, -0.05) is 44.2 Å². The minimum atomic E-state index is -0.881. The highest BCUT2D eigenvalue weighted by molar-refractivity contribution is 5.92. The van der Waals surface area contributed by atoms with Crippen LogP contribution in [-0.4, -0.2) is 55.6 Å². The maximum atomic E-state index is 15.9. The predicted molar refractivity (Wildman–Crippen MR) is 159 cm³/mol. The quantitative estimate of drug-likeness (QED) is 0.315. The monoisotopic (exact) mass is 573 g/mol. The third kappa shape index (κ3) is 4.91. The van der Waals surface area contributed by atoms with E-state index in [0.717, 1.165) is 23.6 Å². The number of benzene rings is 2. The number of piperazine rings is 1. The summed E-state index contributed by atoms with van der Waals surface area (Å²) in [6.07, 6.45) is 2.74. The number of phenolic OH excluding ortho intramolecular Hbond substituents is 1. The molecule has 1 saturated heterocycles. The molecular weight excluding hydrogens is 540 g/mol. The lowest BCUT2D eigenvalue weighted by Gasteiger charge is -2.47. The van der Waals surface area contributed by atoms with Gasteiger partial charge >= 0.3 is 5.69 Å². The SMILES string of the molecule is C=CC(=O)N1CCN(c2nc(=O)n(-c3c(C)cccc3CCC)c3nc(-c4c(O)cccc4F)c(F)cc23)C(C)(C)C1. The Morgan fingerprint density at radius 1 is 1.12 bits per heavy atom.